The van der Waals surface area contributed by atoms with Crippen molar-refractivity contribution in [2.45, 2.75) is 30.2 Å². The highest BCUT2D eigenvalue weighted by atomic mass is 32.2. The maximum absolute atomic E-state index is 13.0. The Bertz CT molecular complexity index is 1090. The Labute approximate surface area is 177 Å². The summed E-state index contributed by atoms with van der Waals surface area (Å²) in [5.41, 5.74) is 0.772. The van der Waals surface area contributed by atoms with Gasteiger partial charge in [0.2, 0.25) is 10.0 Å². The summed E-state index contributed by atoms with van der Waals surface area (Å²) in [5, 5.41) is 0. The molecule has 0 spiro atoms. The monoisotopic (exact) mass is 451 g/mol. The molecule has 8 nitrogen and oxygen atoms in total. The zero-order chi connectivity index (χ0) is 21.8. The van der Waals surface area contributed by atoms with E-state index in [1.165, 1.54) is 12.1 Å². The predicted molar refractivity (Wildman–Crippen MR) is 115 cm³/mol. The van der Waals surface area contributed by atoms with E-state index >= 15 is 0 Å². The number of amides is 1. The van der Waals surface area contributed by atoms with Crippen LogP contribution in [0.15, 0.2) is 59.5 Å². The van der Waals surface area contributed by atoms with Crippen LogP contribution in [-0.2, 0) is 20.0 Å². The first-order valence-electron chi connectivity index (χ1n) is 9.59. The normalized spacial score (nSPS) is 17.5. The van der Waals surface area contributed by atoms with Gasteiger partial charge in [0.1, 0.15) is 0 Å². The number of hydrogen-bond acceptors (Lipinski definition) is 5. The molecule has 0 bridgehead atoms. The molecule has 1 saturated heterocycles. The summed E-state index contributed by atoms with van der Waals surface area (Å²) in [6.07, 6.45) is 3.61. The van der Waals surface area contributed by atoms with Crippen LogP contribution in [0.3, 0.4) is 0 Å². The molecule has 30 heavy (non-hydrogen) atoms. The van der Waals surface area contributed by atoms with Crippen molar-refractivity contribution in [3.8, 4) is 0 Å². The highest BCUT2D eigenvalue weighted by molar-refractivity contribution is 7.92. The number of carbonyl (C=O) groups is 1. The molecule has 0 saturated carbocycles. The van der Waals surface area contributed by atoms with Gasteiger partial charge < -0.3 is 4.90 Å². The van der Waals surface area contributed by atoms with Gasteiger partial charge in [0.15, 0.2) is 0 Å². The molecule has 1 aliphatic heterocycles. The maximum Gasteiger partial charge on any atom is 0.261 e. The number of anilines is 1. The fourth-order valence-corrected chi connectivity index (χ4v) is 4.96. The van der Waals surface area contributed by atoms with Crippen LogP contribution in [0.4, 0.5) is 5.69 Å². The minimum atomic E-state index is -3.71. The fraction of sp³-hybridized carbons (Fsp3) is 0.350. The zero-order valence-corrected chi connectivity index (χ0v) is 18.2. The highest BCUT2D eigenvalue weighted by Crippen LogP contribution is 2.21. The van der Waals surface area contributed by atoms with Crippen LogP contribution in [0.5, 0.6) is 0 Å². The van der Waals surface area contributed by atoms with E-state index in [0.29, 0.717) is 17.8 Å². The smallest absolute Gasteiger partial charge is 0.261 e. The van der Waals surface area contributed by atoms with Crippen LogP contribution in [-0.4, -0.2) is 53.0 Å². The molecule has 1 atom stereocenters. The van der Waals surface area contributed by atoms with Crippen LogP contribution in [0, 0.1) is 0 Å². The maximum atomic E-state index is 13.0. The average Bonchev–Trinajstić information content (AvgIpc) is 2.72. The Morgan fingerprint density at radius 2 is 1.67 bits per heavy atom. The Morgan fingerprint density at radius 3 is 2.30 bits per heavy atom. The number of nitrogens with one attached hydrogen (secondary N) is 2. The molecule has 1 heterocycles. The van der Waals surface area contributed by atoms with Crippen molar-refractivity contribution in [2.75, 3.05) is 24.1 Å². The van der Waals surface area contributed by atoms with Crippen LogP contribution >= 0.6 is 0 Å². The van der Waals surface area contributed by atoms with Crippen molar-refractivity contribution in [3.05, 3.63) is 60.2 Å². The molecule has 10 heteroatoms. The second-order valence-electron chi connectivity index (χ2n) is 7.26. The van der Waals surface area contributed by atoms with Gasteiger partial charge in [0.25, 0.3) is 15.9 Å². The Balaban J connectivity index is 1.71. The lowest BCUT2D eigenvalue weighted by atomic mass is 10.0. The highest BCUT2D eigenvalue weighted by Gasteiger charge is 2.28. The molecular weight excluding hydrogens is 426 g/mol. The zero-order valence-electron chi connectivity index (χ0n) is 16.6. The molecule has 0 radical (unpaired) electrons. The summed E-state index contributed by atoms with van der Waals surface area (Å²) in [7, 11) is -7.04. The number of likely N-dealkylation sites (tertiary alicyclic amines) is 1. The number of carbonyl (C=O) groups excluding carboxylic acids is 1. The Morgan fingerprint density at radius 1 is 1.00 bits per heavy atom. The number of hydrogen-bond donors (Lipinski definition) is 2. The number of nitrogens with zero attached hydrogens (tertiary/aromatic N) is 1. The first-order chi connectivity index (χ1) is 14.2. The summed E-state index contributed by atoms with van der Waals surface area (Å²) in [6.45, 7) is 0.733. The number of sulfonamides is 2. The van der Waals surface area contributed by atoms with Crippen molar-refractivity contribution >= 4 is 31.6 Å². The fourth-order valence-electron chi connectivity index (χ4n) is 3.39. The number of rotatable bonds is 7. The summed E-state index contributed by atoms with van der Waals surface area (Å²) >= 11 is 0. The van der Waals surface area contributed by atoms with Crippen LogP contribution in [0.2, 0.25) is 0 Å². The van der Waals surface area contributed by atoms with E-state index in [-0.39, 0.29) is 23.4 Å². The van der Waals surface area contributed by atoms with Crippen molar-refractivity contribution in [3.63, 3.8) is 0 Å². The van der Waals surface area contributed by atoms with Crippen molar-refractivity contribution in [1.82, 2.24) is 9.62 Å². The lowest BCUT2D eigenvalue weighted by Crippen LogP contribution is -2.49. The third kappa shape index (κ3) is 5.80. The molecule has 2 aromatic rings. The molecule has 1 aliphatic rings. The second-order valence-corrected chi connectivity index (χ2v) is 10.8. The van der Waals surface area contributed by atoms with E-state index in [0.717, 1.165) is 25.5 Å². The largest absolute Gasteiger partial charge is 0.334 e. The van der Waals surface area contributed by atoms with Gasteiger partial charge in [0, 0.05) is 30.4 Å². The van der Waals surface area contributed by atoms with Crippen molar-refractivity contribution in [1.29, 1.82) is 0 Å². The summed E-state index contributed by atoms with van der Waals surface area (Å²) < 4.78 is 52.6. The van der Waals surface area contributed by atoms with E-state index in [1.807, 2.05) is 0 Å². The molecule has 0 aliphatic carbocycles. The standard InChI is InChI=1S/C20H25N3O5S2/c1-29(25,26)21-15-18-7-5-6-14-23(18)20(24)16-10-12-17(13-11-16)22-30(27,28)19-8-3-2-4-9-19/h2-4,8-13,18,21-22H,5-7,14-15H2,1H3. The van der Waals surface area contributed by atoms with E-state index in [2.05, 4.69) is 9.44 Å². The van der Waals surface area contributed by atoms with E-state index in [4.69, 9.17) is 0 Å². The SMILES string of the molecule is CS(=O)(=O)NCC1CCCCN1C(=O)c1ccc(NS(=O)(=O)c2ccccc2)cc1. The minimum absolute atomic E-state index is 0.152. The molecular formula is C20H25N3O5S2. The van der Waals surface area contributed by atoms with Gasteiger partial charge in [-0.05, 0) is 55.7 Å². The van der Waals surface area contributed by atoms with Gasteiger partial charge in [0.05, 0.1) is 11.2 Å². The van der Waals surface area contributed by atoms with Gasteiger partial charge in [-0.2, -0.15) is 0 Å². The first kappa shape index (κ1) is 22.3. The summed E-state index contributed by atoms with van der Waals surface area (Å²) in [6, 6.07) is 14.0. The molecule has 1 fully saturated rings. The van der Waals surface area contributed by atoms with Crippen molar-refractivity contribution < 1.29 is 21.6 Å². The van der Waals surface area contributed by atoms with Gasteiger partial charge in [-0.3, -0.25) is 9.52 Å². The molecule has 0 aromatic heterocycles. The van der Waals surface area contributed by atoms with Crippen LogP contribution < -0.4 is 9.44 Å². The van der Waals surface area contributed by atoms with Gasteiger partial charge in [-0.15, -0.1) is 0 Å². The Kier molecular flexibility index (Phi) is 6.79. The van der Waals surface area contributed by atoms with E-state index in [9.17, 15) is 21.6 Å². The van der Waals surface area contributed by atoms with Gasteiger partial charge in [-0.25, -0.2) is 21.6 Å². The van der Waals surface area contributed by atoms with Gasteiger partial charge in [-0.1, -0.05) is 18.2 Å². The second kappa shape index (κ2) is 9.15. The molecule has 3 rings (SSSR count). The summed E-state index contributed by atoms with van der Waals surface area (Å²) in [5.74, 6) is -0.201. The predicted octanol–water partition coefficient (Wildman–Crippen LogP) is 2.03. The molecule has 1 amide bonds. The Hall–Kier alpha value is -2.43. The third-order valence-electron chi connectivity index (χ3n) is 4.91. The summed E-state index contributed by atoms with van der Waals surface area (Å²) in [4.78, 5) is 14.8. The first-order valence-corrected chi connectivity index (χ1v) is 13.0. The lowest BCUT2D eigenvalue weighted by Gasteiger charge is -2.35. The number of benzene rings is 2. The van der Waals surface area contributed by atoms with Crippen LogP contribution in [0.1, 0.15) is 29.6 Å². The molecule has 162 valence electrons. The average molecular weight is 452 g/mol. The topological polar surface area (TPSA) is 113 Å². The van der Waals surface area contributed by atoms with Crippen molar-refractivity contribution in [2.24, 2.45) is 0 Å². The van der Waals surface area contributed by atoms with E-state index < -0.39 is 20.0 Å². The molecule has 1 unspecified atom stereocenters. The molecule has 2 aromatic carbocycles. The third-order valence-corrected chi connectivity index (χ3v) is 6.99. The van der Waals surface area contributed by atoms with E-state index in [1.54, 1.807) is 47.4 Å². The number of piperidine rings is 1. The lowest BCUT2D eigenvalue weighted by molar-refractivity contribution is 0.0619. The quantitative estimate of drug-likeness (QED) is 0.669. The minimum Gasteiger partial charge on any atom is -0.334 e. The van der Waals surface area contributed by atoms with Crippen LogP contribution in [0.25, 0.3) is 0 Å². The molecule has 2 N–H and O–H groups in total. The van der Waals surface area contributed by atoms with Gasteiger partial charge >= 0.3 is 0 Å².